The number of aromatic nitrogens is 2. The zero-order valence-corrected chi connectivity index (χ0v) is 17.9. The molecule has 1 aromatic heterocycles. The van der Waals surface area contributed by atoms with Crippen molar-refractivity contribution >= 4 is 11.7 Å². The Morgan fingerprint density at radius 3 is 2.56 bits per heavy atom. The van der Waals surface area contributed by atoms with E-state index in [9.17, 15) is 32.0 Å². The molecular formula is C22H18F5N5O2. The highest BCUT2D eigenvalue weighted by molar-refractivity contribution is 5.96. The molecule has 7 nitrogen and oxygen atoms in total. The number of ether oxygens (including phenoxy) is 1. The van der Waals surface area contributed by atoms with Gasteiger partial charge in [0.2, 0.25) is 0 Å². The van der Waals surface area contributed by atoms with Crippen LogP contribution in [-0.4, -0.2) is 29.0 Å². The minimum Gasteiger partial charge on any atom is -0.496 e. The number of nitriles is 1. The van der Waals surface area contributed by atoms with Gasteiger partial charge < -0.3 is 15.8 Å². The Hall–Kier alpha value is -4.14. The lowest BCUT2D eigenvalue weighted by molar-refractivity contribution is -0.164. The first kappa shape index (κ1) is 24.5. The van der Waals surface area contributed by atoms with E-state index in [0.29, 0.717) is 4.68 Å². The smallest absolute Gasteiger partial charge is 0.410 e. The highest BCUT2D eigenvalue weighted by Gasteiger charge is 2.40. The summed E-state index contributed by atoms with van der Waals surface area (Å²) in [5, 5.41) is 15.6. The molecule has 3 N–H and O–H groups in total. The predicted octanol–water partition coefficient (Wildman–Crippen LogP) is 4.34. The lowest BCUT2D eigenvalue weighted by atomic mass is 10.1. The molecule has 1 atom stereocenters. The molecule has 0 aliphatic rings. The van der Waals surface area contributed by atoms with Crippen LogP contribution >= 0.6 is 0 Å². The number of methoxy groups -OCH3 is 1. The van der Waals surface area contributed by atoms with Gasteiger partial charge in [0.15, 0.2) is 0 Å². The number of hydrogen-bond acceptors (Lipinski definition) is 5. The SMILES string of the molecule is COc1ccc(F)cc1C(=O)NCc1ccc(-c2nn(C(C)C(F)(F)F)c(N)c2C#N)cc1F. The van der Waals surface area contributed by atoms with Crippen molar-refractivity contribution in [1.29, 1.82) is 5.26 Å². The Morgan fingerprint density at radius 1 is 1.26 bits per heavy atom. The van der Waals surface area contributed by atoms with Crippen LogP contribution < -0.4 is 15.8 Å². The fourth-order valence-electron chi connectivity index (χ4n) is 3.16. The van der Waals surface area contributed by atoms with Crippen LogP contribution in [0.15, 0.2) is 36.4 Å². The minimum absolute atomic E-state index is 0.0238. The van der Waals surface area contributed by atoms with Gasteiger partial charge in [-0.05, 0) is 31.2 Å². The van der Waals surface area contributed by atoms with E-state index in [1.165, 1.54) is 25.3 Å². The second kappa shape index (κ2) is 9.38. The van der Waals surface area contributed by atoms with Gasteiger partial charge in [-0.3, -0.25) is 4.79 Å². The normalized spacial score (nSPS) is 12.2. The lowest BCUT2D eigenvalue weighted by Gasteiger charge is -2.17. The van der Waals surface area contributed by atoms with E-state index < -0.39 is 35.6 Å². The van der Waals surface area contributed by atoms with Crippen molar-refractivity contribution < 1.29 is 31.5 Å². The van der Waals surface area contributed by atoms with E-state index in [-0.39, 0.29) is 40.2 Å². The maximum atomic E-state index is 14.7. The predicted molar refractivity (Wildman–Crippen MR) is 112 cm³/mol. The van der Waals surface area contributed by atoms with E-state index in [0.717, 1.165) is 25.1 Å². The van der Waals surface area contributed by atoms with E-state index in [2.05, 4.69) is 10.4 Å². The molecule has 0 saturated heterocycles. The number of carbonyl (C=O) groups excluding carboxylic acids is 1. The Bertz CT molecular complexity index is 1280. The largest absolute Gasteiger partial charge is 0.496 e. The molecule has 178 valence electrons. The third-order valence-corrected chi connectivity index (χ3v) is 5.07. The summed E-state index contributed by atoms with van der Waals surface area (Å²) < 4.78 is 73.0. The van der Waals surface area contributed by atoms with E-state index >= 15 is 0 Å². The van der Waals surface area contributed by atoms with Gasteiger partial charge in [0.1, 0.15) is 46.6 Å². The molecule has 3 aromatic rings. The van der Waals surface area contributed by atoms with Crippen LogP contribution in [0.4, 0.5) is 27.8 Å². The average Bonchev–Trinajstić information content (AvgIpc) is 3.12. The number of benzene rings is 2. The van der Waals surface area contributed by atoms with Crippen LogP contribution in [0.1, 0.15) is 34.5 Å². The Morgan fingerprint density at radius 2 is 1.97 bits per heavy atom. The number of nitrogen functional groups attached to an aromatic ring is 1. The molecule has 12 heteroatoms. The van der Waals surface area contributed by atoms with Crippen LogP contribution in [0.5, 0.6) is 5.75 Å². The molecule has 1 amide bonds. The van der Waals surface area contributed by atoms with Gasteiger partial charge in [0.25, 0.3) is 5.91 Å². The number of nitrogens with zero attached hydrogens (tertiary/aromatic N) is 3. The van der Waals surface area contributed by atoms with Crippen molar-refractivity contribution in [3.05, 3.63) is 64.7 Å². The zero-order chi connectivity index (χ0) is 25.2. The van der Waals surface area contributed by atoms with Crippen molar-refractivity contribution in [2.24, 2.45) is 0 Å². The third kappa shape index (κ3) is 4.78. The summed E-state index contributed by atoms with van der Waals surface area (Å²) in [6.07, 6.45) is -4.66. The first-order valence-electron chi connectivity index (χ1n) is 9.73. The summed E-state index contributed by atoms with van der Waals surface area (Å²) in [5.41, 5.74) is 5.12. The van der Waals surface area contributed by atoms with Crippen LogP contribution in [0.2, 0.25) is 0 Å². The number of halogens is 5. The zero-order valence-electron chi connectivity index (χ0n) is 17.9. The molecule has 0 spiro atoms. The van der Waals surface area contributed by atoms with Gasteiger partial charge in [0, 0.05) is 17.7 Å². The van der Waals surface area contributed by atoms with Crippen LogP contribution in [0, 0.1) is 23.0 Å². The molecule has 0 fully saturated rings. The minimum atomic E-state index is -4.66. The summed E-state index contributed by atoms with van der Waals surface area (Å²) >= 11 is 0. The number of hydrogen-bond donors (Lipinski definition) is 2. The number of rotatable bonds is 6. The monoisotopic (exact) mass is 479 g/mol. The Kier molecular flexibility index (Phi) is 6.76. The first-order chi connectivity index (χ1) is 16.0. The Labute approximate surface area is 190 Å². The molecule has 1 heterocycles. The molecule has 0 saturated carbocycles. The molecule has 0 aliphatic heterocycles. The van der Waals surface area contributed by atoms with Gasteiger partial charge >= 0.3 is 6.18 Å². The summed E-state index contributed by atoms with van der Waals surface area (Å²) in [5.74, 6) is -2.56. The number of carbonyl (C=O) groups is 1. The number of anilines is 1. The van der Waals surface area contributed by atoms with Gasteiger partial charge in [0.05, 0.1) is 12.7 Å². The maximum Gasteiger partial charge on any atom is 0.410 e. The van der Waals surface area contributed by atoms with Crippen molar-refractivity contribution in [2.45, 2.75) is 25.7 Å². The second-order valence-electron chi connectivity index (χ2n) is 7.22. The standard InChI is InChI=1S/C22H18F5N5O2/c1-11(22(25,26)27)32-20(29)16(9-28)19(31-32)12-3-4-13(17(24)7-12)10-30-21(33)15-8-14(23)5-6-18(15)34-2/h3-8,11H,10,29H2,1-2H3,(H,30,33). The van der Waals surface area contributed by atoms with E-state index in [1.54, 1.807) is 6.07 Å². The molecular weight excluding hydrogens is 461 g/mol. The van der Waals surface area contributed by atoms with Crippen LogP contribution in [-0.2, 0) is 6.54 Å². The fraction of sp³-hybridized carbons (Fsp3) is 0.227. The van der Waals surface area contributed by atoms with Gasteiger partial charge in [-0.2, -0.15) is 23.5 Å². The molecule has 0 aliphatic carbocycles. The third-order valence-electron chi connectivity index (χ3n) is 5.07. The quantitative estimate of drug-likeness (QED) is 0.512. The van der Waals surface area contributed by atoms with Gasteiger partial charge in [-0.1, -0.05) is 12.1 Å². The van der Waals surface area contributed by atoms with Crippen molar-refractivity contribution in [2.75, 3.05) is 12.8 Å². The van der Waals surface area contributed by atoms with Crippen LogP contribution in [0.3, 0.4) is 0 Å². The summed E-state index contributed by atoms with van der Waals surface area (Å²) in [6.45, 7) is 0.547. The maximum absolute atomic E-state index is 14.7. The highest BCUT2D eigenvalue weighted by atomic mass is 19.4. The first-order valence-corrected chi connectivity index (χ1v) is 9.73. The highest BCUT2D eigenvalue weighted by Crippen LogP contribution is 2.35. The molecule has 3 rings (SSSR count). The molecule has 1 unspecified atom stereocenters. The van der Waals surface area contributed by atoms with E-state index in [1.807, 2.05) is 0 Å². The average molecular weight is 479 g/mol. The van der Waals surface area contributed by atoms with E-state index in [4.69, 9.17) is 10.5 Å². The molecule has 0 bridgehead atoms. The molecule has 0 radical (unpaired) electrons. The lowest BCUT2D eigenvalue weighted by Crippen LogP contribution is -2.25. The number of nitrogens with one attached hydrogen (secondary N) is 1. The second-order valence-corrected chi connectivity index (χ2v) is 7.22. The van der Waals surface area contributed by atoms with Crippen LogP contribution in [0.25, 0.3) is 11.3 Å². The summed E-state index contributed by atoms with van der Waals surface area (Å²) in [4.78, 5) is 12.4. The van der Waals surface area contributed by atoms with Crippen molar-refractivity contribution in [1.82, 2.24) is 15.1 Å². The van der Waals surface area contributed by atoms with Crippen molar-refractivity contribution in [3.63, 3.8) is 0 Å². The topological polar surface area (TPSA) is 106 Å². The number of nitrogens with two attached hydrogens (primary N) is 1. The summed E-state index contributed by atoms with van der Waals surface area (Å²) in [6, 6.07) is 6.53. The van der Waals surface area contributed by atoms with Gasteiger partial charge in [-0.15, -0.1) is 0 Å². The number of alkyl halides is 3. The number of amides is 1. The Balaban J connectivity index is 1.86. The summed E-state index contributed by atoms with van der Waals surface area (Å²) in [7, 11) is 1.31. The molecule has 2 aromatic carbocycles. The fourth-order valence-corrected chi connectivity index (χ4v) is 3.16. The van der Waals surface area contributed by atoms with Gasteiger partial charge in [-0.25, -0.2) is 13.5 Å². The van der Waals surface area contributed by atoms with Crippen molar-refractivity contribution in [3.8, 4) is 23.1 Å². The molecule has 34 heavy (non-hydrogen) atoms.